The van der Waals surface area contributed by atoms with Crippen molar-refractivity contribution >= 4 is 17.4 Å². The molecule has 1 unspecified atom stereocenters. The van der Waals surface area contributed by atoms with Crippen molar-refractivity contribution in [1.82, 2.24) is 5.32 Å². The van der Waals surface area contributed by atoms with Crippen LogP contribution < -0.4 is 10.2 Å². The first-order chi connectivity index (χ1) is 7.72. The van der Waals surface area contributed by atoms with E-state index in [2.05, 4.69) is 42.4 Å². The zero-order valence-corrected chi connectivity index (χ0v) is 11.1. The van der Waals surface area contributed by atoms with E-state index < -0.39 is 0 Å². The van der Waals surface area contributed by atoms with Gasteiger partial charge in [0.05, 0.1) is 5.69 Å². The van der Waals surface area contributed by atoms with Crippen molar-refractivity contribution in [2.45, 2.75) is 24.3 Å². The predicted molar refractivity (Wildman–Crippen MR) is 72.6 cm³/mol. The third kappa shape index (κ3) is 2.36. The van der Waals surface area contributed by atoms with Gasteiger partial charge in [-0.25, -0.2) is 0 Å². The van der Waals surface area contributed by atoms with E-state index in [0.29, 0.717) is 6.04 Å². The number of rotatable bonds is 3. The zero-order valence-electron chi connectivity index (χ0n) is 10.3. The highest BCUT2D eigenvalue weighted by atomic mass is 32.2. The lowest BCUT2D eigenvalue weighted by molar-refractivity contribution is 0.598. The van der Waals surface area contributed by atoms with Gasteiger partial charge in [0.2, 0.25) is 0 Å². The van der Waals surface area contributed by atoms with Crippen molar-refractivity contribution in [1.29, 1.82) is 0 Å². The van der Waals surface area contributed by atoms with Gasteiger partial charge in [-0.3, -0.25) is 0 Å². The van der Waals surface area contributed by atoms with Gasteiger partial charge in [0, 0.05) is 23.7 Å². The summed E-state index contributed by atoms with van der Waals surface area (Å²) in [4.78, 5) is 3.87. The smallest absolute Gasteiger partial charge is 0.0504 e. The lowest BCUT2D eigenvalue weighted by atomic mass is 10.1. The fraction of sp³-hybridized carbons (Fsp3) is 0.538. The number of nitrogens with zero attached hydrogens (tertiary/aromatic N) is 1. The van der Waals surface area contributed by atoms with Crippen LogP contribution in [0.4, 0.5) is 5.69 Å². The first-order valence-electron chi connectivity index (χ1n) is 5.83. The minimum absolute atomic E-state index is 0.660. The molecule has 1 aromatic rings. The van der Waals surface area contributed by atoms with Crippen LogP contribution >= 0.6 is 11.8 Å². The Bertz CT molecular complexity index is 365. The average Bonchev–Trinajstić information content (AvgIpc) is 2.28. The maximum atomic E-state index is 3.23. The second-order valence-corrected chi connectivity index (χ2v) is 5.50. The second kappa shape index (κ2) is 5.11. The van der Waals surface area contributed by atoms with Gasteiger partial charge in [0.1, 0.15) is 0 Å². The van der Waals surface area contributed by atoms with Crippen LogP contribution in [0.15, 0.2) is 23.1 Å². The van der Waals surface area contributed by atoms with Crippen LogP contribution in [0.25, 0.3) is 0 Å². The molecule has 0 fully saturated rings. The Morgan fingerprint density at radius 3 is 3.06 bits per heavy atom. The third-order valence-corrected chi connectivity index (χ3v) is 4.39. The lowest BCUT2D eigenvalue weighted by Crippen LogP contribution is -2.38. The molecule has 2 nitrogen and oxygen atoms in total. The van der Waals surface area contributed by atoms with Gasteiger partial charge >= 0.3 is 0 Å². The number of nitrogens with one attached hydrogen (secondary N) is 1. The minimum Gasteiger partial charge on any atom is -0.370 e. The van der Waals surface area contributed by atoms with E-state index >= 15 is 0 Å². The van der Waals surface area contributed by atoms with Gasteiger partial charge in [-0.1, -0.05) is 6.07 Å². The monoisotopic (exact) mass is 236 g/mol. The summed E-state index contributed by atoms with van der Waals surface area (Å²) in [5.74, 6) is 1.20. The SMILES string of the molecule is CNCCC1CSc2cc(C)ccc2N1C. The molecular weight excluding hydrogens is 216 g/mol. The molecule has 0 amide bonds. The Kier molecular flexibility index (Phi) is 3.77. The molecule has 1 aromatic carbocycles. The molecule has 0 bridgehead atoms. The summed E-state index contributed by atoms with van der Waals surface area (Å²) in [6, 6.07) is 7.41. The molecule has 1 atom stereocenters. The Labute approximate surface area is 102 Å². The topological polar surface area (TPSA) is 15.3 Å². The number of hydrogen-bond donors (Lipinski definition) is 1. The third-order valence-electron chi connectivity index (χ3n) is 3.20. The number of thioether (sulfide) groups is 1. The van der Waals surface area contributed by atoms with Gasteiger partial charge in [0.15, 0.2) is 0 Å². The molecule has 0 aliphatic carbocycles. The van der Waals surface area contributed by atoms with Gasteiger partial charge in [-0.15, -0.1) is 11.8 Å². The molecule has 0 aromatic heterocycles. The first kappa shape index (κ1) is 11.8. The van der Waals surface area contributed by atoms with Crippen molar-refractivity contribution in [2.75, 3.05) is 31.3 Å². The summed E-state index contributed by atoms with van der Waals surface area (Å²) < 4.78 is 0. The quantitative estimate of drug-likeness (QED) is 0.868. The van der Waals surface area contributed by atoms with E-state index in [1.807, 2.05) is 18.8 Å². The Hall–Kier alpha value is -0.670. The number of benzene rings is 1. The van der Waals surface area contributed by atoms with Crippen molar-refractivity contribution in [3.8, 4) is 0 Å². The zero-order chi connectivity index (χ0) is 11.5. The van der Waals surface area contributed by atoms with Crippen molar-refractivity contribution in [3.05, 3.63) is 23.8 Å². The summed E-state index contributed by atoms with van der Waals surface area (Å²) in [6.45, 7) is 3.25. The summed E-state index contributed by atoms with van der Waals surface area (Å²) in [6.07, 6.45) is 1.22. The van der Waals surface area contributed by atoms with E-state index in [1.54, 1.807) is 0 Å². The van der Waals surface area contributed by atoms with Gasteiger partial charge in [-0.2, -0.15) is 0 Å². The van der Waals surface area contributed by atoms with Crippen LogP contribution in [0.5, 0.6) is 0 Å². The van der Waals surface area contributed by atoms with E-state index in [-0.39, 0.29) is 0 Å². The predicted octanol–water partition coefficient (Wildman–Crippen LogP) is 2.52. The molecule has 0 saturated carbocycles. The van der Waals surface area contributed by atoms with Crippen LogP contribution in [0, 0.1) is 6.92 Å². The first-order valence-corrected chi connectivity index (χ1v) is 6.82. The van der Waals surface area contributed by atoms with Crippen molar-refractivity contribution in [2.24, 2.45) is 0 Å². The number of aryl methyl sites for hydroxylation is 1. The number of hydrogen-bond acceptors (Lipinski definition) is 3. The Morgan fingerprint density at radius 2 is 2.31 bits per heavy atom. The van der Waals surface area contributed by atoms with Crippen LogP contribution in [0.3, 0.4) is 0 Å². The number of anilines is 1. The molecule has 2 rings (SSSR count). The highest BCUT2D eigenvalue weighted by Gasteiger charge is 2.23. The molecular formula is C13H20N2S. The summed E-state index contributed by atoms with van der Waals surface area (Å²) in [5, 5.41) is 3.23. The van der Waals surface area contributed by atoms with E-state index in [4.69, 9.17) is 0 Å². The molecule has 1 heterocycles. The van der Waals surface area contributed by atoms with E-state index in [0.717, 1.165) is 6.54 Å². The van der Waals surface area contributed by atoms with Crippen LogP contribution in [0.1, 0.15) is 12.0 Å². The maximum absolute atomic E-state index is 3.23. The average molecular weight is 236 g/mol. The second-order valence-electron chi connectivity index (χ2n) is 4.44. The number of fused-ring (bicyclic) bond motifs is 1. The van der Waals surface area contributed by atoms with Crippen molar-refractivity contribution in [3.63, 3.8) is 0 Å². The standard InChI is InChI=1S/C13H20N2S/c1-10-4-5-12-13(8-10)16-9-11(15(12)3)6-7-14-2/h4-5,8,11,14H,6-7,9H2,1-3H3. The van der Waals surface area contributed by atoms with Gasteiger partial charge < -0.3 is 10.2 Å². The molecule has 16 heavy (non-hydrogen) atoms. The van der Waals surface area contributed by atoms with Crippen LogP contribution in [-0.2, 0) is 0 Å². The van der Waals surface area contributed by atoms with Crippen LogP contribution in [0.2, 0.25) is 0 Å². The normalized spacial score (nSPS) is 19.7. The maximum Gasteiger partial charge on any atom is 0.0504 e. The fourth-order valence-electron chi connectivity index (χ4n) is 2.11. The molecule has 0 saturated heterocycles. The fourth-order valence-corrected chi connectivity index (χ4v) is 3.50. The highest BCUT2D eigenvalue weighted by Crippen LogP contribution is 2.37. The Morgan fingerprint density at radius 1 is 1.50 bits per heavy atom. The van der Waals surface area contributed by atoms with Crippen LogP contribution in [-0.4, -0.2) is 32.4 Å². The summed E-state index contributed by atoms with van der Waals surface area (Å²) in [7, 11) is 4.24. The highest BCUT2D eigenvalue weighted by molar-refractivity contribution is 7.99. The molecule has 1 aliphatic heterocycles. The van der Waals surface area contributed by atoms with Crippen molar-refractivity contribution < 1.29 is 0 Å². The van der Waals surface area contributed by atoms with Gasteiger partial charge in [-0.05, 0) is 44.6 Å². The molecule has 0 radical (unpaired) electrons. The molecule has 0 spiro atoms. The summed E-state index contributed by atoms with van der Waals surface area (Å²) in [5.41, 5.74) is 2.75. The largest absolute Gasteiger partial charge is 0.370 e. The molecule has 1 N–H and O–H groups in total. The molecule has 1 aliphatic rings. The Balaban J connectivity index is 2.15. The van der Waals surface area contributed by atoms with E-state index in [9.17, 15) is 0 Å². The summed E-state index contributed by atoms with van der Waals surface area (Å²) >= 11 is 2.00. The molecule has 88 valence electrons. The van der Waals surface area contributed by atoms with E-state index in [1.165, 1.54) is 28.3 Å². The lowest BCUT2D eigenvalue weighted by Gasteiger charge is -2.35. The van der Waals surface area contributed by atoms with Gasteiger partial charge in [0.25, 0.3) is 0 Å². The minimum atomic E-state index is 0.660. The molecule has 3 heteroatoms.